The van der Waals surface area contributed by atoms with Crippen LogP contribution in [0.3, 0.4) is 0 Å². The van der Waals surface area contributed by atoms with Crippen LogP contribution in [0.4, 0.5) is 0 Å². The lowest BCUT2D eigenvalue weighted by Gasteiger charge is -2.37. The molecule has 0 N–H and O–H groups in total. The monoisotopic (exact) mass is 722 g/mol. The van der Waals surface area contributed by atoms with Gasteiger partial charge in [-0.15, -0.1) is 6.58 Å². The Morgan fingerprint density at radius 2 is 0.393 bits per heavy atom. The maximum Gasteiger partial charge on any atom is 0.0701 e. The Balaban J connectivity index is 0.00000155. The molecule has 0 saturated heterocycles. The van der Waals surface area contributed by atoms with Crippen molar-refractivity contribution >= 4 is 0 Å². The summed E-state index contributed by atoms with van der Waals surface area (Å²) in [4.78, 5) is 0. The minimum absolute atomic E-state index is 0.588. The van der Waals surface area contributed by atoms with Gasteiger partial charge in [-0.1, -0.05) is 222 Å². The van der Waals surface area contributed by atoms with Crippen LogP contribution in [0.15, 0.2) is 207 Å². The minimum Gasteiger partial charge on any atom is -0.103 e. The average Bonchev–Trinajstić information content (AvgIpc) is 3.24. The Morgan fingerprint density at radius 3 is 0.536 bits per heavy atom. The van der Waals surface area contributed by atoms with Crippen molar-refractivity contribution in [2.75, 3.05) is 0 Å². The first-order valence-corrected chi connectivity index (χ1v) is 19.6. The van der Waals surface area contributed by atoms with Crippen LogP contribution in [0.5, 0.6) is 0 Å². The number of benzene rings is 8. The molecule has 8 aromatic carbocycles. The highest BCUT2D eigenvalue weighted by atomic mass is 14.4. The molecule has 0 heteroatoms. The normalized spacial score (nSPS) is 11.0. The SMILES string of the molecule is C=CC.Cc1ccc(-c2ccc(C(c3ccc(-c4ccc(C)cc4)cc3)(c3ccc(-c4ccc(C)cc4)cc3)c3ccc(-c4ccc(C)cc4)cc3)cc2)cc1. The van der Waals surface area contributed by atoms with Crippen LogP contribution in [0.25, 0.3) is 44.5 Å². The first-order chi connectivity index (χ1) is 27.3. The molecule has 8 rings (SSSR count). The van der Waals surface area contributed by atoms with Gasteiger partial charge in [-0.05, 0) is 101 Å². The number of hydrogen-bond acceptors (Lipinski definition) is 0. The third-order valence-electron chi connectivity index (χ3n) is 10.8. The van der Waals surface area contributed by atoms with Crippen molar-refractivity contribution in [1.29, 1.82) is 0 Å². The van der Waals surface area contributed by atoms with E-state index in [2.05, 4.69) is 228 Å². The Morgan fingerprint density at radius 1 is 0.268 bits per heavy atom. The summed E-state index contributed by atoms with van der Waals surface area (Å²) in [6.45, 7) is 13.8. The lowest BCUT2D eigenvalue weighted by Crippen LogP contribution is -2.31. The van der Waals surface area contributed by atoms with Gasteiger partial charge in [0.1, 0.15) is 0 Å². The average molecular weight is 723 g/mol. The van der Waals surface area contributed by atoms with E-state index in [9.17, 15) is 0 Å². The zero-order valence-corrected chi connectivity index (χ0v) is 33.3. The van der Waals surface area contributed by atoms with Gasteiger partial charge in [-0.2, -0.15) is 0 Å². The van der Waals surface area contributed by atoms with E-state index in [1.54, 1.807) is 6.08 Å². The smallest absolute Gasteiger partial charge is 0.0701 e. The van der Waals surface area contributed by atoms with Gasteiger partial charge < -0.3 is 0 Å². The molecule has 274 valence electrons. The molecule has 0 saturated carbocycles. The van der Waals surface area contributed by atoms with Crippen molar-refractivity contribution < 1.29 is 0 Å². The van der Waals surface area contributed by atoms with E-state index in [1.807, 2.05) is 6.92 Å². The molecule has 0 unspecified atom stereocenters. The van der Waals surface area contributed by atoms with Crippen molar-refractivity contribution in [1.82, 2.24) is 0 Å². The van der Waals surface area contributed by atoms with Crippen LogP contribution in [0, 0.1) is 27.7 Å². The highest BCUT2D eigenvalue weighted by Gasteiger charge is 2.38. The van der Waals surface area contributed by atoms with E-state index < -0.39 is 5.41 Å². The van der Waals surface area contributed by atoms with Crippen LogP contribution in [0.2, 0.25) is 0 Å². The summed E-state index contributed by atoms with van der Waals surface area (Å²) in [6.07, 6.45) is 1.75. The van der Waals surface area contributed by atoms with E-state index in [1.165, 1.54) is 89.0 Å². The molecule has 8 aromatic rings. The Hall–Kier alpha value is -6.50. The number of allylic oxidation sites excluding steroid dienone is 1. The summed E-state index contributed by atoms with van der Waals surface area (Å²) >= 11 is 0. The Bertz CT molecular complexity index is 2120. The maximum atomic E-state index is 3.36. The van der Waals surface area contributed by atoms with Gasteiger partial charge in [0, 0.05) is 0 Å². The molecular formula is C56H50. The van der Waals surface area contributed by atoms with Gasteiger partial charge >= 0.3 is 0 Å². The Kier molecular flexibility index (Phi) is 11.4. The van der Waals surface area contributed by atoms with Crippen molar-refractivity contribution in [2.45, 2.75) is 40.0 Å². The zero-order valence-electron chi connectivity index (χ0n) is 33.3. The lowest BCUT2D eigenvalue weighted by molar-refractivity contribution is 0.745. The second-order valence-electron chi connectivity index (χ2n) is 14.9. The van der Waals surface area contributed by atoms with E-state index >= 15 is 0 Å². The molecular weight excluding hydrogens is 673 g/mol. The summed E-state index contributed by atoms with van der Waals surface area (Å²) in [5.74, 6) is 0. The van der Waals surface area contributed by atoms with E-state index in [4.69, 9.17) is 0 Å². The minimum atomic E-state index is -0.588. The summed E-state index contributed by atoms with van der Waals surface area (Å²) in [6, 6.07) is 72.3. The summed E-state index contributed by atoms with van der Waals surface area (Å²) < 4.78 is 0. The molecule has 0 aliphatic carbocycles. The molecule has 0 atom stereocenters. The van der Waals surface area contributed by atoms with Crippen molar-refractivity contribution in [3.8, 4) is 44.5 Å². The van der Waals surface area contributed by atoms with E-state index in [0.29, 0.717) is 0 Å². The molecule has 0 amide bonds. The molecule has 0 nitrogen and oxygen atoms in total. The summed E-state index contributed by atoms with van der Waals surface area (Å²) in [7, 11) is 0. The molecule has 0 aromatic heterocycles. The fourth-order valence-electron chi connectivity index (χ4n) is 7.63. The van der Waals surface area contributed by atoms with Gasteiger partial charge in [0.2, 0.25) is 0 Å². The van der Waals surface area contributed by atoms with Crippen LogP contribution in [-0.2, 0) is 5.41 Å². The van der Waals surface area contributed by atoms with E-state index in [0.717, 1.165) is 0 Å². The predicted molar refractivity (Wildman–Crippen MR) is 241 cm³/mol. The quantitative estimate of drug-likeness (QED) is 0.108. The fourth-order valence-corrected chi connectivity index (χ4v) is 7.63. The molecule has 0 aliphatic rings. The molecule has 0 heterocycles. The Labute approximate surface area is 334 Å². The molecule has 56 heavy (non-hydrogen) atoms. The van der Waals surface area contributed by atoms with Gasteiger partial charge in [0.25, 0.3) is 0 Å². The second kappa shape index (κ2) is 16.9. The number of aryl methyl sites for hydroxylation is 4. The van der Waals surface area contributed by atoms with Crippen molar-refractivity contribution in [3.05, 3.63) is 251 Å². The highest BCUT2D eigenvalue weighted by Crippen LogP contribution is 2.47. The van der Waals surface area contributed by atoms with Gasteiger partial charge in [-0.25, -0.2) is 0 Å². The van der Waals surface area contributed by atoms with Crippen LogP contribution in [0.1, 0.15) is 51.4 Å². The first kappa shape index (κ1) is 37.8. The fraction of sp³-hybridized carbons (Fsp3) is 0.107. The standard InChI is InChI=1S/C53H44.C3H6/c1-37-5-13-41(14-6-37)45-21-29-49(30-22-45)53(50-31-23-46(24-32-50)42-15-7-38(2)8-16-42,51-33-25-47(26-34-51)43-17-9-39(3)10-18-43)52-35-27-48(28-36-52)44-19-11-40(4)12-20-44;1-3-2/h5-36H,1-4H3;3H,1H2,2H3. The number of hydrogen-bond donors (Lipinski definition) is 0. The topological polar surface area (TPSA) is 0 Å². The zero-order chi connectivity index (χ0) is 39.1. The molecule has 0 bridgehead atoms. The lowest BCUT2D eigenvalue weighted by atomic mass is 9.64. The third kappa shape index (κ3) is 7.97. The third-order valence-corrected chi connectivity index (χ3v) is 10.8. The molecule has 0 spiro atoms. The van der Waals surface area contributed by atoms with Gasteiger partial charge in [0.05, 0.1) is 5.41 Å². The molecule has 0 aliphatic heterocycles. The number of rotatable bonds is 8. The van der Waals surface area contributed by atoms with Crippen molar-refractivity contribution in [2.24, 2.45) is 0 Å². The van der Waals surface area contributed by atoms with Gasteiger partial charge in [-0.3, -0.25) is 0 Å². The highest BCUT2D eigenvalue weighted by molar-refractivity contribution is 5.72. The predicted octanol–water partition coefficient (Wildman–Crippen LogP) is 15.2. The molecule has 0 radical (unpaired) electrons. The van der Waals surface area contributed by atoms with Crippen molar-refractivity contribution in [3.63, 3.8) is 0 Å². The van der Waals surface area contributed by atoms with Gasteiger partial charge in [0.15, 0.2) is 0 Å². The molecule has 0 fully saturated rings. The van der Waals surface area contributed by atoms with Crippen LogP contribution in [-0.4, -0.2) is 0 Å². The second-order valence-corrected chi connectivity index (χ2v) is 14.9. The van der Waals surface area contributed by atoms with Crippen LogP contribution >= 0.6 is 0 Å². The van der Waals surface area contributed by atoms with E-state index in [-0.39, 0.29) is 0 Å². The summed E-state index contributed by atoms with van der Waals surface area (Å²) in [5.41, 5.74) is 19.1. The largest absolute Gasteiger partial charge is 0.103 e. The maximum absolute atomic E-state index is 3.36. The first-order valence-electron chi connectivity index (χ1n) is 19.6. The van der Waals surface area contributed by atoms with Crippen LogP contribution < -0.4 is 0 Å². The summed E-state index contributed by atoms with van der Waals surface area (Å²) in [5, 5.41) is 0.